The number of rotatable bonds is 6. The molecule has 1 aliphatic carbocycles. The highest BCUT2D eigenvalue weighted by molar-refractivity contribution is 5.90. The molecule has 3 rings (SSSR count). The first-order valence-electron chi connectivity index (χ1n) is 8.29. The fraction of sp³-hybridized carbons (Fsp3) is 0.300. The van der Waals surface area contributed by atoms with Gasteiger partial charge in [-0.2, -0.15) is 0 Å². The molecule has 1 aliphatic rings. The number of nitrogens with zero attached hydrogens (tertiary/aromatic N) is 1. The van der Waals surface area contributed by atoms with Crippen molar-refractivity contribution in [3.63, 3.8) is 0 Å². The van der Waals surface area contributed by atoms with Crippen LogP contribution in [0.1, 0.15) is 36.3 Å². The lowest BCUT2D eigenvalue weighted by Gasteiger charge is -2.38. The van der Waals surface area contributed by atoms with Gasteiger partial charge in [0.25, 0.3) is 0 Å². The number of carboxylic acids is 1. The topological polar surface area (TPSA) is 57.6 Å². The highest BCUT2D eigenvalue weighted by Crippen LogP contribution is 2.31. The molecule has 0 spiro atoms. The molecular formula is C20H21NO3. The van der Waals surface area contributed by atoms with Crippen molar-refractivity contribution < 1.29 is 14.7 Å². The summed E-state index contributed by atoms with van der Waals surface area (Å²) < 4.78 is 0. The Balaban J connectivity index is 1.97. The van der Waals surface area contributed by atoms with Crippen LogP contribution in [0.2, 0.25) is 0 Å². The van der Waals surface area contributed by atoms with Gasteiger partial charge in [-0.3, -0.25) is 9.59 Å². The number of aliphatic carboxylic acids is 1. The molecular weight excluding hydrogens is 302 g/mol. The predicted molar refractivity (Wildman–Crippen MR) is 91.7 cm³/mol. The van der Waals surface area contributed by atoms with Crippen molar-refractivity contribution in [3.8, 4) is 0 Å². The van der Waals surface area contributed by atoms with E-state index >= 15 is 0 Å². The second-order valence-corrected chi connectivity index (χ2v) is 6.20. The standard InChI is InChI=1S/C20H21NO3/c22-18(23)14-21(17-12-7-13-17)20(24)19(15-8-3-1-4-9-15)16-10-5-2-6-11-16/h1-6,8-11,17,19H,7,12-14H2,(H,22,23). The van der Waals surface area contributed by atoms with Crippen LogP contribution in [0.5, 0.6) is 0 Å². The molecule has 2 aromatic rings. The Kier molecular flexibility index (Phi) is 4.94. The van der Waals surface area contributed by atoms with Gasteiger partial charge < -0.3 is 10.0 Å². The third-order valence-corrected chi connectivity index (χ3v) is 4.62. The number of carbonyl (C=O) groups is 2. The van der Waals surface area contributed by atoms with E-state index < -0.39 is 11.9 Å². The Morgan fingerprint density at radius 1 is 0.958 bits per heavy atom. The summed E-state index contributed by atoms with van der Waals surface area (Å²) in [7, 11) is 0. The van der Waals surface area contributed by atoms with Gasteiger partial charge in [-0.15, -0.1) is 0 Å². The van der Waals surface area contributed by atoms with Gasteiger partial charge in [-0.1, -0.05) is 60.7 Å². The van der Waals surface area contributed by atoms with Gasteiger partial charge in [-0.25, -0.2) is 0 Å². The van der Waals surface area contributed by atoms with Gasteiger partial charge >= 0.3 is 5.97 Å². The maximum atomic E-state index is 13.3. The fourth-order valence-electron chi connectivity index (χ4n) is 3.17. The summed E-state index contributed by atoms with van der Waals surface area (Å²) in [5.41, 5.74) is 1.78. The number of amides is 1. The van der Waals surface area contributed by atoms with E-state index in [9.17, 15) is 14.7 Å². The number of hydrogen-bond donors (Lipinski definition) is 1. The minimum atomic E-state index is -0.963. The molecule has 0 radical (unpaired) electrons. The third kappa shape index (κ3) is 3.48. The van der Waals surface area contributed by atoms with Crippen molar-refractivity contribution in [2.24, 2.45) is 0 Å². The second-order valence-electron chi connectivity index (χ2n) is 6.20. The van der Waals surface area contributed by atoms with Crippen molar-refractivity contribution in [2.75, 3.05) is 6.54 Å². The first kappa shape index (κ1) is 16.2. The van der Waals surface area contributed by atoms with Crippen LogP contribution in [0.4, 0.5) is 0 Å². The highest BCUT2D eigenvalue weighted by Gasteiger charge is 2.35. The largest absolute Gasteiger partial charge is 0.480 e. The first-order valence-corrected chi connectivity index (χ1v) is 8.29. The molecule has 1 N–H and O–H groups in total. The summed E-state index contributed by atoms with van der Waals surface area (Å²) in [5, 5.41) is 9.23. The van der Waals surface area contributed by atoms with Crippen LogP contribution in [0.3, 0.4) is 0 Å². The predicted octanol–water partition coefficient (Wildman–Crippen LogP) is 3.28. The minimum absolute atomic E-state index is 0.0449. The molecule has 24 heavy (non-hydrogen) atoms. The molecule has 1 fully saturated rings. The molecule has 0 atom stereocenters. The summed E-state index contributed by atoms with van der Waals surface area (Å²) in [6.45, 7) is -0.236. The Morgan fingerprint density at radius 3 is 1.83 bits per heavy atom. The van der Waals surface area contributed by atoms with Crippen molar-refractivity contribution in [2.45, 2.75) is 31.2 Å². The van der Waals surface area contributed by atoms with Crippen LogP contribution in [-0.4, -0.2) is 34.5 Å². The molecule has 0 unspecified atom stereocenters. The lowest BCUT2D eigenvalue weighted by atomic mass is 9.86. The summed E-state index contributed by atoms with van der Waals surface area (Å²) in [6.07, 6.45) is 2.82. The lowest BCUT2D eigenvalue weighted by molar-refractivity contribution is -0.147. The summed E-state index contributed by atoms with van der Waals surface area (Å²) in [4.78, 5) is 26.1. The molecule has 4 nitrogen and oxygen atoms in total. The van der Waals surface area contributed by atoms with Crippen LogP contribution >= 0.6 is 0 Å². The normalized spacial score (nSPS) is 14.2. The van der Waals surface area contributed by atoms with Gasteiger partial charge in [0.15, 0.2) is 0 Å². The molecule has 0 saturated heterocycles. The lowest BCUT2D eigenvalue weighted by Crippen LogP contribution is -2.48. The number of benzene rings is 2. The average Bonchev–Trinajstić information content (AvgIpc) is 2.54. The maximum Gasteiger partial charge on any atom is 0.323 e. The molecule has 1 saturated carbocycles. The Morgan fingerprint density at radius 2 is 1.46 bits per heavy atom. The quantitative estimate of drug-likeness (QED) is 0.887. The van der Waals surface area contributed by atoms with E-state index in [0.717, 1.165) is 30.4 Å². The van der Waals surface area contributed by atoms with E-state index in [0.29, 0.717) is 0 Å². The minimum Gasteiger partial charge on any atom is -0.480 e. The van der Waals surface area contributed by atoms with E-state index in [4.69, 9.17) is 0 Å². The first-order chi connectivity index (χ1) is 11.7. The summed E-state index contributed by atoms with van der Waals surface area (Å²) in [6, 6.07) is 19.2. The monoisotopic (exact) mass is 323 g/mol. The van der Waals surface area contributed by atoms with Crippen molar-refractivity contribution in [1.29, 1.82) is 0 Å². The zero-order valence-electron chi connectivity index (χ0n) is 13.5. The Bertz CT molecular complexity index is 656. The van der Waals surface area contributed by atoms with E-state index in [1.54, 1.807) is 4.90 Å². The molecule has 124 valence electrons. The van der Waals surface area contributed by atoms with Gasteiger partial charge in [0.05, 0.1) is 5.92 Å². The molecule has 4 heteroatoms. The third-order valence-electron chi connectivity index (χ3n) is 4.62. The number of carboxylic acid groups (broad SMARTS) is 1. The maximum absolute atomic E-state index is 13.3. The van der Waals surface area contributed by atoms with Gasteiger partial charge in [0.1, 0.15) is 6.54 Å². The molecule has 0 aliphatic heterocycles. The molecule has 0 aromatic heterocycles. The SMILES string of the molecule is O=C(O)CN(C(=O)C(c1ccccc1)c1ccccc1)C1CCC1. The van der Waals surface area contributed by atoms with E-state index in [-0.39, 0.29) is 18.5 Å². The second kappa shape index (κ2) is 7.30. The summed E-state index contributed by atoms with van der Waals surface area (Å²) in [5.74, 6) is -1.55. The summed E-state index contributed by atoms with van der Waals surface area (Å²) >= 11 is 0. The van der Waals surface area contributed by atoms with Crippen LogP contribution in [-0.2, 0) is 9.59 Å². The van der Waals surface area contributed by atoms with Crippen molar-refractivity contribution in [1.82, 2.24) is 4.90 Å². The Hall–Kier alpha value is -2.62. The average molecular weight is 323 g/mol. The smallest absolute Gasteiger partial charge is 0.323 e. The molecule has 0 bridgehead atoms. The van der Waals surface area contributed by atoms with Crippen LogP contribution in [0.25, 0.3) is 0 Å². The van der Waals surface area contributed by atoms with E-state index in [1.807, 2.05) is 60.7 Å². The van der Waals surface area contributed by atoms with Gasteiger partial charge in [-0.05, 0) is 30.4 Å². The van der Waals surface area contributed by atoms with Crippen molar-refractivity contribution in [3.05, 3.63) is 71.8 Å². The zero-order valence-corrected chi connectivity index (χ0v) is 13.5. The van der Waals surface area contributed by atoms with Crippen molar-refractivity contribution >= 4 is 11.9 Å². The number of carbonyl (C=O) groups excluding carboxylic acids is 1. The molecule has 1 amide bonds. The fourth-order valence-corrected chi connectivity index (χ4v) is 3.17. The van der Waals surface area contributed by atoms with E-state index in [2.05, 4.69) is 0 Å². The number of hydrogen-bond acceptors (Lipinski definition) is 2. The highest BCUT2D eigenvalue weighted by atomic mass is 16.4. The Labute approximate surface area is 141 Å². The van der Waals surface area contributed by atoms with Crippen LogP contribution < -0.4 is 0 Å². The van der Waals surface area contributed by atoms with Gasteiger partial charge in [0.2, 0.25) is 5.91 Å². The van der Waals surface area contributed by atoms with Crippen LogP contribution in [0.15, 0.2) is 60.7 Å². The van der Waals surface area contributed by atoms with E-state index in [1.165, 1.54) is 0 Å². The van der Waals surface area contributed by atoms with Crippen LogP contribution in [0, 0.1) is 0 Å². The zero-order chi connectivity index (χ0) is 16.9. The van der Waals surface area contributed by atoms with Gasteiger partial charge in [0, 0.05) is 6.04 Å². The molecule has 2 aromatic carbocycles. The molecule has 0 heterocycles.